The summed E-state index contributed by atoms with van der Waals surface area (Å²) in [6.07, 6.45) is 4.35. The Bertz CT molecular complexity index is 518. The average Bonchev–Trinajstić information content (AvgIpc) is 2.66. The summed E-state index contributed by atoms with van der Waals surface area (Å²) in [5.74, 6) is 0.751. The zero-order valence-corrected chi connectivity index (χ0v) is 14.0. The van der Waals surface area contributed by atoms with Gasteiger partial charge in [0.1, 0.15) is 0 Å². The monoisotopic (exact) mass is 290 g/mol. The van der Waals surface area contributed by atoms with E-state index in [1.807, 2.05) is 0 Å². The summed E-state index contributed by atoms with van der Waals surface area (Å²) in [4.78, 5) is 2.46. The molecule has 1 aliphatic heterocycles. The van der Waals surface area contributed by atoms with Crippen LogP contribution in [0.4, 0.5) is 0 Å². The molecule has 0 bridgehead atoms. The number of aromatic nitrogens is 1. The molecule has 2 unspecified atom stereocenters. The van der Waals surface area contributed by atoms with Gasteiger partial charge >= 0.3 is 0 Å². The molecule has 118 valence electrons. The Morgan fingerprint density at radius 2 is 2.14 bits per heavy atom. The van der Waals surface area contributed by atoms with E-state index in [1.165, 1.54) is 42.9 Å². The number of aliphatic hydroxyl groups excluding tert-OH is 1. The minimum absolute atomic E-state index is 0.207. The summed E-state index contributed by atoms with van der Waals surface area (Å²) < 4.78 is 2.50. The molecule has 3 nitrogen and oxygen atoms in total. The molecule has 3 heteroatoms. The fourth-order valence-corrected chi connectivity index (χ4v) is 4.33. The van der Waals surface area contributed by atoms with E-state index in [0.29, 0.717) is 0 Å². The number of rotatable bonds is 2. The maximum atomic E-state index is 10.5. The number of aliphatic hydroxyl groups is 1. The molecule has 0 radical (unpaired) electrons. The first-order valence-electron chi connectivity index (χ1n) is 8.41. The minimum Gasteiger partial charge on any atom is -0.388 e. The molecular weight excluding hydrogens is 260 g/mol. The average molecular weight is 290 g/mol. The molecule has 1 fully saturated rings. The van der Waals surface area contributed by atoms with Gasteiger partial charge in [0.2, 0.25) is 0 Å². The van der Waals surface area contributed by atoms with Crippen molar-refractivity contribution in [3.63, 3.8) is 0 Å². The fraction of sp³-hybridized carbons (Fsp3) is 0.778. The Morgan fingerprint density at radius 3 is 2.86 bits per heavy atom. The lowest BCUT2D eigenvalue weighted by molar-refractivity contribution is 0.0971. The summed E-state index contributed by atoms with van der Waals surface area (Å²) in [7, 11) is 2.23. The van der Waals surface area contributed by atoms with E-state index < -0.39 is 0 Å². The maximum absolute atomic E-state index is 10.5. The summed E-state index contributed by atoms with van der Waals surface area (Å²) >= 11 is 0. The van der Waals surface area contributed by atoms with Crippen molar-refractivity contribution >= 4 is 0 Å². The molecule has 0 saturated carbocycles. The second-order valence-electron chi connectivity index (χ2n) is 8.13. The van der Waals surface area contributed by atoms with Gasteiger partial charge in [-0.1, -0.05) is 13.8 Å². The molecule has 0 aromatic carbocycles. The highest BCUT2D eigenvalue weighted by molar-refractivity contribution is 5.33. The molecule has 1 aromatic heterocycles. The highest BCUT2D eigenvalue weighted by Gasteiger charge is 2.34. The van der Waals surface area contributed by atoms with Crippen LogP contribution in [0.1, 0.15) is 56.2 Å². The molecule has 0 amide bonds. The van der Waals surface area contributed by atoms with E-state index in [2.05, 4.69) is 43.4 Å². The predicted octanol–water partition coefficient (Wildman–Crippen LogP) is 3.14. The lowest BCUT2D eigenvalue weighted by Gasteiger charge is -2.35. The van der Waals surface area contributed by atoms with Crippen molar-refractivity contribution in [3.8, 4) is 0 Å². The second-order valence-corrected chi connectivity index (χ2v) is 8.13. The smallest absolute Gasteiger partial charge is 0.0812 e. The van der Waals surface area contributed by atoms with Crippen LogP contribution in [0.25, 0.3) is 0 Å². The molecule has 21 heavy (non-hydrogen) atoms. The van der Waals surface area contributed by atoms with Crippen molar-refractivity contribution in [2.45, 2.75) is 59.1 Å². The third-order valence-corrected chi connectivity index (χ3v) is 5.36. The molecule has 1 aromatic rings. The first-order chi connectivity index (χ1) is 9.85. The zero-order chi connectivity index (χ0) is 15.2. The summed E-state index contributed by atoms with van der Waals surface area (Å²) in [5.41, 5.74) is 4.11. The van der Waals surface area contributed by atoms with Crippen molar-refractivity contribution in [2.24, 2.45) is 11.3 Å². The van der Waals surface area contributed by atoms with Gasteiger partial charge in [-0.2, -0.15) is 0 Å². The Labute approximate surface area is 129 Å². The number of aryl methyl sites for hydroxylation is 1. The van der Waals surface area contributed by atoms with Gasteiger partial charge in [0.15, 0.2) is 0 Å². The van der Waals surface area contributed by atoms with Crippen LogP contribution >= 0.6 is 0 Å². The highest BCUT2D eigenvalue weighted by atomic mass is 16.3. The normalized spacial score (nSPS) is 29.4. The Balaban J connectivity index is 1.86. The van der Waals surface area contributed by atoms with Gasteiger partial charge in [-0.3, -0.25) is 0 Å². The molecule has 2 heterocycles. The lowest BCUT2D eigenvalue weighted by Crippen LogP contribution is -2.35. The predicted molar refractivity (Wildman–Crippen MR) is 86.5 cm³/mol. The van der Waals surface area contributed by atoms with Gasteiger partial charge in [-0.15, -0.1) is 0 Å². The van der Waals surface area contributed by atoms with E-state index in [-0.39, 0.29) is 11.5 Å². The Morgan fingerprint density at radius 1 is 1.38 bits per heavy atom. The Kier molecular flexibility index (Phi) is 3.91. The van der Waals surface area contributed by atoms with Crippen LogP contribution in [0.15, 0.2) is 6.07 Å². The topological polar surface area (TPSA) is 28.4 Å². The number of piperidine rings is 1. The van der Waals surface area contributed by atoms with Crippen LogP contribution in [0.2, 0.25) is 0 Å². The summed E-state index contributed by atoms with van der Waals surface area (Å²) in [6.45, 7) is 10.3. The SMILES string of the molecule is Cc1cc2c(n1CC1CCCN(C)C1)CC(C)(C)CC2O. The van der Waals surface area contributed by atoms with Gasteiger partial charge in [0.05, 0.1) is 6.10 Å². The van der Waals surface area contributed by atoms with Crippen molar-refractivity contribution in [2.75, 3.05) is 20.1 Å². The molecule has 3 rings (SSSR count). The lowest BCUT2D eigenvalue weighted by atomic mass is 9.75. The third kappa shape index (κ3) is 3.04. The molecule has 1 aliphatic carbocycles. The Hall–Kier alpha value is -0.800. The third-order valence-electron chi connectivity index (χ3n) is 5.36. The van der Waals surface area contributed by atoms with E-state index >= 15 is 0 Å². The van der Waals surface area contributed by atoms with Gasteiger partial charge in [0, 0.05) is 30.0 Å². The van der Waals surface area contributed by atoms with E-state index in [9.17, 15) is 5.11 Å². The van der Waals surface area contributed by atoms with E-state index in [4.69, 9.17) is 0 Å². The van der Waals surface area contributed by atoms with Crippen molar-refractivity contribution in [1.29, 1.82) is 0 Å². The molecule has 1 saturated heterocycles. The van der Waals surface area contributed by atoms with Gasteiger partial charge < -0.3 is 14.6 Å². The summed E-state index contributed by atoms with van der Waals surface area (Å²) in [5, 5.41) is 10.5. The fourth-order valence-electron chi connectivity index (χ4n) is 4.33. The number of likely N-dealkylation sites (tertiary alicyclic amines) is 1. The van der Waals surface area contributed by atoms with Crippen LogP contribution in [-0.2, 0) is 13.0 Å². The maximum Gasteiger partial charge on any atom is 0.0812 e. The van der Waals surface area contributed by atoms with Gasteiger partial charge in [-0.25, -0.2) is 0 Å². The first-order valence-corrected chi connectivity index (χ1v) is 8.41. The largest absolute Gasteiger partial charge is 0.388 e. The van der Waals surface area contributed by atoms with Crippen molar-refractivity contribution in [1.82, 2.24) is 9.47 Å². The van der Waals surface area contributed by atoms with E-state index in [0.717, 1.165) is 25.3 Å². The molecular formula is C18H30N2O. The molecule has 0 spiro atoms. The molecule has 1 N–H and O–H groups in total. The van der Waals surface area contributed by atoms with Crippen LogP contribution in [0.3, 0.4) is 0 Å². The van der Waals surface area contributed by atoms with Crippen LogP contribution in [0, 0.1) is 18.3 Å². The van der Waals surface area contributed by atoms with Crippen LogP contribution in [-0.4, -0.2) is 34.7 Å². The van der Waals surface area contributed by atoms with Gasteiger partial charge in [0.25, 0.3) is 0 Å². The van der Waals surface area contributed by atoms with Gasteiger partial charge in [-0.05, 0) is 63.6 Å². The quantitative estimate of drug-likeness (QED) is 0.906. The minimum atomic E-state index is -0.280. The van der Waals surface area contributed by atoms with Crippen molar-refractivity contribution in [3.05, 3.63) is 23.0 Å². The number of nitrogens with zero attached hydrogens (tertiary/aromatic N) is 2. The number of hydrogen-bond donors (Lipinski definition) is 1. The molecule has 2 atom stereocenters. The number of hydrogen-bond acceptors (Lipinski definition) is 2. The van der Waals surface area contributed by atoms with Crippen molar-refractivity contribution < 1.29 is 5.11 Å². The van der Waals surface area contributed by atoms with Crippen LogP contribution < -0.4 is 0 Å². The first kappa shape index (κ1) is 15.1. The second kappa shape index (κ2) is 5.44. The highest BCUT2D eigenvalue weighted by Crippen LogP contribution is 2.42. The zero-order valence-electron chi connectivity index (χ0n) is 14.0. The summed E-state index contributed by atoms with van der Waals surface area (Å²) in [6, 6.07) is 2.22. The van der Waals surface area contributed by atoms with Crippen LogP contribution in [0.5, 0.6) is 0 Å². The standard InChI is InChI=1S/C18H30N2O/c1-13-8-15-16(9-18(2,3)10-17(15)21)20(13)12-14-6-5-7-19(4)11-14/h8,14,17,21H,5-7,9-12H2,1-4H3. The van der Waals surface area contributed by atoms with E-state index in [1.54, 1.807) is 0 Å². The number of fused-ring (bicyclic) bond motifs is 1. The molecule has 2 aliphatic rings.